The summed E-state index contributed by atoms with van der Waals surface area (Å²) in [6.45, 7) is 1.76. The van der Waals surface area contributed by atoms with Gasteiger partial charge in [-0.15, -0.1) is 11.3 Å². The molecule has 0 saturated heterocycles. The summed E-state index contributed by atoms with van der Waals surface area (Å²) < 4.78 is 38.1. The number of H-pyrrole nitrogens is 1. The molecule has 0 atom stereocenters. The minimum absolute atomic E-state index is 0.00553. The van der Waals surface area contributed by atoms with E-state index in [1.54, 1.807) is 12.3 Å². The first-order valence-electron chi connectivity index (χ1n) is 6.72. The fraction of sp³-hybridized carbons (Fsp3) is 0.133. The van der Waals surface area contributed by atoms with Crippen LogP contribution in [-0.4, -0.2) is 15.9 Å². The summed E-state index contributed by atoms with van der Waals surface area (Å²) in [5.41, 5.74) is -0.988. The van der Waals surface area contributed by atoms with Crippen LogP contribution in [0.1, 0.15) is 21.6 Å². The van der Waals surface area contributed by atoms with Gasteiger partial charge >= 0.3 is 6.18 Å². The van der Waals surface area contributed by atoms with Crippen LogP contribution in [0, 0.1) is 6.92 Å². The first kappa shape index (κ1) is 16.2. The topological polar surface area (TPSA) is 74.8 Å². The maximum atomic E-state index is 12.7. The van der Waals surface area contributed by atoms with E-state index < -0.39 is 23.1 Å². The van der Waals surface area contributed by atoms with Crippen LogP contribution in [0.5, 0.6) is 0 Å². The second-order valence-corrected chi connectivity index (χ2v) is 5.90. The number of anilines is 1. The largest absolute Gasteiger partial charge is 0.416 e. The average molecular weight is 353 g/mol. The third-order valence-corrected chi connectivity index (χ3v) is 4.17. The third kappa shape index (κ3) is 3.02. The number of carbonyl (C=O) groups is 1. The molecule has 0 spiro atoms. The Labute approximate surface area is 137 Å². The molecule has 9 heteroatoms. The maximum Gasteiger partial charge on any atom is 0.416 e. The van der Waals surface area contributed by atoms with Crippen molar-refractivity contribution in [2.45, 2.75) is 13.1 Å². The number of alkyl halides is 3. The van der Waals surface area contributed by atoms with Crippen LogP contribution in [0.3, 0.4) is 0 Å². The zero-order valence-corrected chi connectivity index (χ0v) is 13.0. The normalized spacial score (nSPS) is 11.7. The highest BCUT2D eigenvalue weighted by Crippen LogP contribution is 2.30. The highest BCUT2D eigenvalue weighted by Gasteiger charge is 2.30. The van der Waals surface area contributed by atoms with E-state index in [1.165, 1.54) is 11.3 Å². The molecule has 2 aromatic heterocycles. The predicted octanol–water partition coefficient (Wildman–Crippen LogP) is 3.56. The smallest absolute Gasteiger partial charge is 0.360 e. The molecule has 0 aliphatic rings. The number of hydrogen-bond donors (Lipinski definition) is 2. The van der Waals surface area contributed by atoms with Gasteiger partial charge in [0.15, 0.2) is 5.13 Å². The van der Waals surface area contributed by atoms with Crippen LogP contribution in [0.15, 0.2) is 34.6 Å². The molecule has 0 unspecified atom stereocenters. The molecular formula is C15H10F3N3O2S. The molecule has 3 rings (SSSR count). The van der Waals surface area contributed by atoms with Crippen molar-refractivity contribution in [1.82, 2.24) is 9.97 Å². The summed E-state index contributed by atoms with van der Waals surface area (Å²) in [5.74, 6) is -0.674. The predicted molar refractivity (Wildman–Crippen MR) is 84.4 cm³/mol. The standard InChI is InChI=1S/C15H10F3N3O2S/c1-7-6-24-14(20-7)21-13(23)10-5-19-11-4-8(15(16,17)18)2-3-9(11)12(10)22/h2-6H,1H3,(H,19,22)(H,20,21,23). The van der Waals surface area contributed by atoms with Crippen LogP contribution < -0.4 is 10.7 Å². The Balaban J connectivity index is 1.99. The number of benzene rings is 1. The third-order valence-electron chi connectivity index (χ3n) is 3.29. The fourth-order valence-electron chi connectivity index (χ4n) is 2.14. The van der Waals surface area contributed by atoms with Crippen LogP contribution in [0.2, 0.25) is 0 Å². The number of halogens is 3. The lowest BCUT2D eigenvalue weighted by molar-refractivity contribution is -0.137. The van der Waals surface area contributed by atoms with Gasteiger partial charge in [0.2, 0.25) is 5.43 Å². The Morgan fingerprint density at radius 1 is 1.33 bits per heavy atom. The van der Waals surface area contributed by atoms with Crippen molar-refractivity contribution < 1.29 is 18.0 Å². The summed E-state index contributed by atoms with van der Waals surface area (Å²) in [4.78, 5) is 31.1. The number of amides is 1. The number of nitrogens with one attached hydrogen (secondary N) is 2. The van der Waals surface area contributed by atoms with Crippen molar-refractivity contribution in [1.29, 1.82) is 0 Å². The van der Waals surface area contributed by atoms with Crippen LogP contribution in [-0.2, 0) is 6.18 Å². The number of carbonyl (C=O) groups excluding carboxylic acids is 1. The van der Waals surface area contributed by atoms with Crippen LogP contribution in [0.4, 0.5) is 18.3 Å². The maximum absolute atomic E-state index is 12.7. The van der Waals surface area contributed by atoms with Gasteiger partial charge in [-0.1, -0.05) is 0 Å². The first-order valence-corrected chi connectivity index (χ1v) is 7.60. The molecular weight excluding hydrogens is 343 g/mol. The molecule has 3 aromatic rings. The van der Waals surface area contributed by atoms with Crippen molar-refractivity contribution >= 4 is 33.3 Å². The monoisotopic (exact) mass is 353 g/mol. The zero-order chi connectivity index (χ0) is 17.5. The van der Waals surface area contributed by atoms with E-state index in [0.29, 0.717) is 5.13 Å². The SMILES string of the molecule is Cc1csc(NC(=O)c2c[nH]c3cc(C(F)(F)F)ccc3c2=O)n1. The lowest BCUT2D eigenvalue weighted by atomic mass is 10.1. The molecule has 124 valence electrons. The van der Waals surface area contributed by atoms with E-state index in [9.17, 15) is 22.8 Å². The molecule has 2 N–H and O–H groups in total. The number of aromatic nitrogens is 2. The number of hydrogen-bond acceptors (Lipinski definition) is 4. The summed E-state index contributed by atoms with van der Waals surface area (Å²) in [5, 5.41) is 4.57. The van der Waals surface area contributed by atoms with Crippen molar-refractivity contribution in [2.24, 2.45) is 0 Å². The van der Waals surface area contributed by atoms with E-state index in [0.717, 1.165) is 30.1 Å². The van der Waals surface area contributed by atoms with E-state index in [2.05, 4.69) is 15.3 Å². The van der Waals surface area contributed by atoms with Crippen molar-refractivity contribution in [3.05, 3.63) is 56.8 Å². The summed E-state index contributed by atoms with van der Waals surface area (Å²) in [6, 6.07) is 2.70. The lowest BCUT2D eigenvalue weighted by Gasteiger charge is -2.08. The Morgan fingerprint density at radius 2 is 2.08 bits per heavy atom. The number of rotatable bonds is 2. The second-order valence-electron chi connectivity index (χ2n) is 5.04. The minimum atomic E-state index is -4.51. The second kappa shape index (κ2) is 5.75. The Morgan fingerprint density at radius 3 is 2.71 bits per heavy atom. The van der Waals surface area contributed by atoms with Gasteiger partial charge < -0.3 is 4.98 Å². The number of aromatic amines is 1. The van der Waals surface area contributed by atoms with E-state index in [-0.39, 0.29) is 16.5 Å². The molecule has 0 fully saturated rings. The first-order chi connectivity index (χ1) is 11.3. The Bertz CT molecular complexity index is 992. The van der Waals surface area contributed by atoms with Gasteiger partial charge in [-0.2, -0.15) is 13.2 Å². The fourth-order valence-corrected chi connectivity index (χ4v) is 2.83. The molecule has 0 saturated carbocycles. The molecule has 0 aliphatic carbocycles. The molecule has 1 amide bonds. The zero-order valence-electron chi connectivity index (χ0n) is 12.2. The molecule has 0 radical (unpaired) electrons. The average Bonchev–Trinajstić information content (AvgIpc) is 2.91. The number of fused-ring (bicyclic) bond motifs is 1. The molecule has 5 nitrogen and oxygen atoms in total. The number of nitrogens with zero attached hydrogens (tertiary/aromatic N) is 1. The van der Waals surface area contributed by atoms with E-state index >= 15 is 0 Å². The highest BCUT2D eigenvalue weighted by atomic mass is 32.1. The molecule has 0 bridgehead atoms. The Kier molecular flexibility index (Phi) is 3.88. The number of pyridine rings is 1. The van der Waals surface area contributed by atoms with E-state index in [1.807, 2.05) is 0 Å². The van der Waals surface area contributed by atoms with Gasteiger partial charge in [-0.3, -0.25) is 14.9 Å². The van der Waals surface area contributed by atoms with Gasteiger partial charge in [0.25, 0.3) is 5.91 Å². The minimum Gasteiger partial charge on any atom is -0.360 e. The number of thiazole rings is 1. The molecule has 0 aliphatic heterocycles. The van der Waals surface area contributed by atoms with Gasteiger partial charge in [0.1, 0.15) is 5.56 Å². The highest BCUT2D eigenvalue weighted by molar-refractivity contribution is 7.13. The van der Waals surface area contributed by atoms with Crippen LogP contribution >= 0.6 is 11.3 Å². The van der Waals surface area contributed by atoms with Gasteiger partial charge in [-0.05, 0) is 25.1 Å². The van der Waals surface area contributed by atoms with Crippen molar-refractivity contribution in [3.8, 4) is 0 Å². The van der Waals surface area contributed by atoms with E-state index in [4.69, 9.17) is 0 Å². The van der Waals surface area contributed by atoms with Gasteiger partial charge in [-0.25, -0.2) is 4.98 Å². The Hall–Kier alpha value is -2.68. The van der Waals surface area contributed by atoms with Crippen molar-refractivity contribution in [2.75, 3.05) is 5.32 Å². The lowest BCUT2D eigenvalue weighted by Crippen LogP contribution is -2.22. The number of aryl methyl sites for hydroxylation is 1. The van der Waals surface area contributed by atoms with Gasteiger partial charge in [0.05, 0.1) is 11.3 Å². The summed E-state index contributed by atoms with van der Waals surface area (Å²) in [6.07, 6.45) is -3.41. The molecule has 2 heterocycles. The molecule has 1 aromatic carbocycles. The van der Waals surface area contributed by atoms with Crippen molar-refractivity contribution in [3.63, 3.8) is 0 Å². The molecule has 24 heavy (non-hydrogen) atoms. The van der Waals surface area contributed by atoms with Gasteiger partial charge in [0, 0.05) is 22.5 Å². The summed E-state index contributed by atoms with van der Waals surface area (Å²) >= 11 is 1.21. The van der Waals surface area contributed by atoms with Crippen LogP contribution in [0.25, 0.3) is 10.9 Å². The summed E-state index contributed by atoms with van der Waals surface area (Å²) in [7, 11) is 0. The quantitative estimate of drug-likeness (QED) is 0.740.